The molecule has 1 saturated heterocycles. The van der Waals surface area contributed by atoms with Crippen molar-refractivity contribution in [3.63, 3.8) is 0 Å². The quantitative estimate of drug-likeness (QED) is 0.921. The van der Waals surface area contributed by atoms with Crippen LogP contribution < -0.4 is 14.8 Å². The molecule has 22 heavy (non-hydrogen) atoms. The van der Waals surface area contributed by atoms with E-state index >= 15 is 0 Å². The zero-order valence-electron chi connectivity index (χ0n) is 12.6. The van der Waals surface area contributed by atoms with E-state index in [1.165, 1.54) is 5.56 Å². The lowest BCUT2D eigenvalue weighted by atomic mass is 9.95. The van der Waals surface area contributed by atoms with E-state index in [1.54, 1.807) is 0 Å². The molecule has 1 aliphatic carbocycles. The zero-order chi connectivity index (χ0) is 15.0. The number of hydrogen-bond donors (Lipinski definition) is 1. The van der Waals surface area contributed by atoms with Gasteiger partial charge in [-0.2, -0.15) is 0 Å². The number of carbonyl (C=O) groups is 1. The Morgan fingerprint density at radius 2 is 2.00 bits per heavy atom. The van der Waals surface area contributed by atoms with Crippen molar-refractivity contribution in [1.29, 1.82) is 0 Å². The third kappa shape index (κ3) is 2.54. The van der Waals surface area contributed by atoms with Crippen LogP contribution in [-0.4, -0.2) is 38.4 Å². The van der Waals surface area contributed by atoms with Crippen LogP contribution in [0, 0.1) is 0 Å². The van der Waals surface area contributed by atoms with Crippen LogP contribution in [0.25, 0.3) is 0 Å². The number of hydrogen-bond acceptors (Lipinski definition) is 4. The first-order valence-electron chi connectivity index (χ1n) is 8.06. The molecule has 1 amide bonds. The molecule has 1 aromatic carbocycles. The second kappa shape index (κ2) is 5.47. The second-order valence-corrected chi connectivity index (χ2v) is 6.36. The standard InChI is InChI=1S/C17H21NO4/c19-16(14-2-1-7-20-14)18-11-17(5-6-17)12-3-4-13-15(10-12)22-9-8-21-13/h3-4,10,14H,1-2,5-9,11H2,(H,18,19). The summed E-state index contributed by atoms with van der Waals surface area (Å²) < 4.78 is 16.7. The second-order valence-electron chi connectivity index (χ2n) is 6.36. The normalized spacial score (nSPS) is 24.8. The molecule has 1 saturated carbocycles. The van der Waals surface area contributed by atoms with Crippen LogP contribution in [0.4, 0.5) is 0 Å². The van der Waals surface area contributed by atoms with Crippen LogP contribution in [0.5, 0.6) is 11.5 Å². The SMILES string of the molecule is O=C(NCC1(c2ccc3c(c2)OCCO3)CC1)C1CCCO1. The maximum atomic E-state index is 12.1. The van der Waals surface area contributed by atoms with Crippen molar-refractivity contribution in [1.82, 2.24) is 5.32 Å². The molecular formula is C17H21NO4. The Balaban J connectivity index is 1.44. The first-order chi connectivity index (χ1) is 10.8. The third-order valence-corrected chi connectivity index (χ3v) is 4.83. The fraction of sp³-hybridized carbons (Fsp3) is 0.588. The summed E-state index contributed by atoms with van der Waals surface area (Å²) in [6.07, 6.45) is 3.75. The first kappa shape index (κ1) is 13.9. The highest BCUT2D eigenvalue weighted by Gasteiger charge is 2.45. The highest BCUT2D eigenvalue weighted by molar-refractivity contribution is 5.81. The molecule has 2 heterocycles. The number of fused-ring (bicyclic) bond motifs is 1. The largest absolute Gasteiger partial charge is 0.486 e. The molecule has 0 aromatic heterocycles. The van der Waals surface area contributed by atoms with E-state index in [-0.39, 0.29) is 17.4 Å². The van der Waals surface area contributed by atoms with Gasteiger partial charge in [-0.25, -0.2) is 0 Å². The van der Waals surface area contributed by atoms with Crippen molar-refractivity contribution >= 4 is 5.91 Å². The van der Waals surface area contributed by atoms with Gasteiger partial charge in [0.2, 0.25) is 5.91 Å². The summed E-state index contributed by atoms with van der Waals surface area (Å²) >= 11 is 0. The van der Waals surface area contributed by atoms with Gasteiger partial charge in [-0.15, -0.1) is 0 Å². The number of amides is 1. The van der Waals surface area contributed by atoms with E-state index < -0.39 is 0 Å². The number of benzene rings is 1. The molecule has 5 nitrogen and oxygen atoms in total. The summed E-state index contributed by atoms with van der Waals surface area (Å²) in [5.41, 5.74) is 1.29. The predicted molar refractivity (Wildman–Crippen MR) is 80.3 cm³/mol. The highest BCUT2D eigenvalue weighted by atomic mass is 16.6. The van der Waals surface area contributed by atoms with Crippen molar-refractivity contribution in [2.75, 3.05) is 26.4 Å². The van der Waals surface area contributed by atoms with Gasteiger partial charge in [0.25, 0.3) is 0 Å². The fourth-order valence-electron chi connectivity index (χ4n) is 3.25. The molecule has 2 aliphatic heterocycles. The van der Waals surface area contributed by atoms with Gasteiger partial charge in [0.05, 0.1) is 0 Å². The van der Waals surface area contributed by atoms with Crippen molar-refractivity contribution in [2.45, 2.75) is 37.2 Å². The van der Waals surface area contributed by atoms with E-state index in [9.17, 15) is 4.79 Å². The average molecular weight is 303 g/mol. The summed E-state index contributed by atoms with van der Waals surface area (Å²) in [7, 11) is 0. The van der Waals surface area contributed by atoms with Crippen molar-refractivity contribution in [3.05, 3.63) is 23.8 Å². The van der Waals surface area contributed by atoms with Gasteiger partial charge in [0, 0.05) is 18.6 Å². The monoisotopic (exact) mass is 303 g/mol. The van der Waals surface area contributed by atoms with Gasteiger partial charge in [0.1, 0.15) is 19.3 Å². The van der Waals surface area contributed by atoms with Gasteiger partial charge in [0.15, 0.2) is 11.5 Å². The van der Waals surface area contributed by atoms with Gasteiger partial charge in [-0.1, -0.05) is 6.07 Å². The summed E-state index contributed by atoms with van der Waals surface area (Å²) in [6, 6.07) is 6.14. The predicted octanol–water partition coefficient (Wildman–Crippen LogP) is 1.78. The summed E-state index contributed by atoms with van der Waals surface area (Å²) in [4.78, 5) is 12.1. The first-order valence-corrected chi connectivity index (χ1v) is 8.06. The average Bonchev–Trinajstić information content (AvgIpc) is 3.15. The van der Waals surface area contributed by atoms with Crippen LogP contribution >= 0.6 is 0 Å². The molecule has 5 heteroatoms. The molecule has 2 fully saturated rings. The Kier molecular flexibility index (Phi) is 3.45. The van der Waals surface area contributed by atoms with E-state index in [1.807, 2.05) is 6.07 Å². The third-order valence-electron chi connectivity index (χ3n) is 4.83. The van der Waals surface area contributed by atoms with Gasteiger partial charge in [-0.05, 0) is 43.4 Å². The number of carbonyl (C=O) groups excluding carboxylic acids is 1. The van der Waals surface area contributed by atoms with Crippen molar-refractivity contribution in [2.24, 2.45) is 0 Å². The lowest BCUT2D eigenvalue weighted by molar-refractivity contribution is -0.130. The molecular weight excluding hydrogens is 282 g/mol. The minimum absolute atomic E-state index is 0.0290. The highest BCUT2D eigenvalue weighted by Crippen LogP contribution is 2.49. The smallest absolute Gasteiger partial charge is 0.249 e. The van der Waals surface area contributed by atoms with Crippen LogP contribution in [0.1, 0.15) is 31.2 Å². The number of rotatable bonds is 4. The molecule has 1 unspecified atom stereocenters. The van der Waals surface area contributed by atoms with E-state index in [0.717, 1.165) is 37.2 Å². The van der Waals surface area contributed by atoms with Crippen LogP contribution in [0.15, 0.2) is 18.2 Å². The summed E-state index contributed by atoms with van der Waals surface area (Å²) in [5.74, 6) is 1.66. The maximum absolute atomic E-state index is 12.1. The maximum Gasteiger partial charge on any atom is 0.249 e. The molecule has 0 bridgehead atoms. The Bertz CT molecular complexity index is 576. The molecule has 118 valence electrons. The molecule has 1 N–H and O–H groups in total. The number of nitrogens with one attached hydrogen (secondary N) is 1. The Morgan fingerprint density at radius 1 is 1.18 bits per heavy atom. The van der Waals surface area contributed by atoms with E-state index in [0.29, 0.717) is 26.4 Å². The van der Waals surface area contributed by atoms with Crippen LogP contribution in [-0.2, 0) is 14.9 Å². The van der Waals surface area contributed by atoms with Gasteiger partial charge in [-0.3, -0.25) is 4.79 Å². The zero-order valence-corrected chi connectivity index (χ0v) is 12.6. The Hall–Kier alpha value is -1.75. The molecule has 0 radical (unpaired) electrons. The van der Waals surface area contributed by atoms with Crippen molar-refractivity contribution in [3.8, 4) is 11.5 Å². The molecule has 3 aliphatic rings. The topological polar surface area (TPSA) is 56.8 Å². The van der Waals surface area contributed by atoms with Gasteiger partial charge < -0.3 is 19.5 Å². The molecule has 4 rings (SSSR count). The Morgan fingerprint density at radius 3 is 2.73 bits per heavy atom. The van der Waals surface area contributed by atoms with Gasteiger partial charge >= 0.3 is 0 Å². The van der Waals surface area contributed by atoms with Crippen molar-refractivity contribution < 1.29 is 19.0 Å². The van der Waals surface area contributed by atoms with Crippen LogP contribution in [0.2, 0.25) is 0 Å². The molecule has 0 spiro atoms. The molecule has 1 atom stereocenters. The van der Waals surface area contributed by atoms with E-state index in [4.69, 9.17) is 14.2 Å². The minimum Gasteiger partial charge on any atom is -0.486 e. The lowest BCUT2D eigenvalue weighted by Crippen LogP contribution is -2.38. The summed E-state index contributed by atoms with van der Waals surface area (Å²) in [5, 5.41) is 3.07. The minimum atomic E-state index is -0.254. The molecule has 1 aromatic rings. The lowest BCUT2D eigenvalue weighted by Gasteiger charge is -2.22. The number of ether oxygens (including phenoxy) is 3. The Labute approximate surface area is 129 Å². The summed E-state index contributed by atoms with van der Waals surface area (Å²) in [6.45, 7) is 2.57. The fourth-order valence-corrected chi connectivity index (χ4v) is 3.25. The van der Waals surface area contributed by atoms with Crippen LogP contribution in [0.3, 0.4) is 0 Å². The van der Waals surface area contributed by atoms with E-state index in [2.05, 4.69) is 17.4 Å².